The van der Waals surface area contributed by atoms with Gasteiger partial charge in [0.2, 0.25) is 0 Å². The molecule has 11 heteroatoms. The lowest BCUT2D eigenvalue weighted by Gasteiger charge is -2.25. The van der Waals surface area contributed by atoms with Crippen molar-refractivity contribution < 1.29 is 19.4 Å². The van der Waals surface area contributed by atoms with E-state index in [2.05, 4.69) is 21.2 Å². The minimum Gasteiger partial charge on any atom is -0.488 e. The average Bonchev–Trinajstić information content (AvgIpc) is 3.34. The summed E-state index contributed by atoms with van der Waals surface area (Å²) in [5.74, 6) is -0.741. The standard InChI is InChI=1S/C35H25BrClN3O5S/c1-20-30(32(41)39-26-5-3-2-4-6-26)31(23-12-14-25(37)15-13-23)40-33(42)29(46-35(40)38-20)18-22-9-16-28(27(36)17-22)45-19-21-7-10-24(11-8-21)34(43)44/h2-18,31H,19H2,1H3,(H,39,41)(H,43,44)/b29-18+/t31-/m0/s1. The molecule has 4 aromatic carbocycles. The zero-order valence-electron chi connectivity index (χ0n) is 24.2. The molecule has 0 aliphatic carbocycles. The van der Waals surface area contributed by atoms with E-state index in [1.807, 2.05) is 42.5 Å². The van der Waals surface area contributed by atoms with Crippen LogP contribution >= 0.6 is 38.9 Å². The number of anilines is 1. The fourth-order valence-electron chi connectivity index (χ4n) is 5.07. The molecular formula is C35H25BrClN3O5S. The number of carbonyl (C=O) groups excluding carboxylic acids is 1. The van der Waals surface area contributed by atoms with E-state index in [0.29, 0.717) is 41.5 Å². The number of amides is 1. The first-order valence-corrected chi connectivity index (χ1v) is 16.1. The van der Waals surface area contributed by atoms with Crippen LogP contribution in [-0.2, 0) is 11.4 Å². The molecule has 230 valence electrons. The second kappa shape index (κ2) is 13.3. The predicted octanol–water partition coefficient (Wildman–Crippen LogP) is 6.57. The molecule has 1 aromatic heterocycles. The highest BCUT2D eigenvalue weighted by molar-refractivity contribution is 9.10. The number of nitrogens with one attached hydrogen (secondary N) is 1. The van der Waals surface area contributed by atoms with Gasteiger partial charge in [0.15, 0.2) is 4.80 Å². The molecule has 2 N–H and O–H groups in total. The predicted molar refractivity (Wildman–Crippen MR) is 182 cm³/mol. The summed E-state index contributed by atoms with van der Waals surface area (Å²) in [4.78, 5) is 44.0. The van der Waals surface area contributed by atoms with Crippen LogP contribution in [0.1, 0.15) is 40.0 Å². The second-order valence-electron chi connectivity index (χ2n) is 10.4. The van der Waals surface area contributed by atoms with Crippen LogP contribution in [0.25, 0.3) is 6.08 Å². The molecule has 1 atom stereocenters. The fourth-order valence-corrected chi connectivity index (χ4v) is 6.76. The number of rotatable bonds is 8. The summed E-state index contributed by atoms with van der Waals surface area (Å²) in [6.45, 7) is 2.02. The number of halogens is 2. The summed E-state index contributed by atoms with van der Waals surface area (Å²) in [7, 11) is 0. The van der Waals surface area contributed by atoms with E-state index in [1.54, 1.807) is 60.0 Å². The Labute approximate surface area is 280 Å². The van der Waals surface area contributed by atoms with E-state index in [4.69, 9.17) is 26.4 Å². The maximum Gasteiger partial charge on any atom is 0.335 e. The molecule has 0 radical (unpaired) electrons. The number of carboxylic acid groups (broad SMARTS) is 1. The number of ether oxygens (including phenoxy) is 1. The maximum absolute atomic E-state index is 14.0. The summed E-state index contributed by atoms with van der Waals surface area (Å²) in [6, 6.07) is 27.5. The van der Waals surface area contributed by atoms with Gasteiger partial charge in [-0.3, -0.25) is 14.2 Å². The molecule has 0 bridgehead atoms. The molecule has 6 rings (SSSR count). The van der Waals surface area contributed by atoms with E-state index in [-0.39, 0.29) is 23.6 Å². The third kappa shape index (κ3) is 6.60. The molecule has 0 saturated carbocycles. The van der Waals surface area contributed by atoms with E-state index < -0.39 is 12.0 Å². The number of nitrogens with zero attached hydrogens (tertiary/aromatic N) is 2. The number of para-hydroxylation sites is 1. The molecular weight excluding hydrogens is 690 g/mol. The number of hydrogen-bond acceptors (Lipinski definition) is 6. The van der Waals surface area contributed by atoms with E-state index in [9.17, 15) is 14.4 Å². The molecule has 1 aliphatic heterocycles. The number of carbonyl (C=O) groups is 2. The molecule has 0 spiro atoms. The summed E-state index contributed by atoms with van der Waals surface area (Å²) < 4.78 is 8.64. The first-order valence-electron chi connectivity index (χ1n) is 14.1. The minimum absolute atomic E-state index is 0.209. The number of allylic oxidation sites excluding steroid dienone is 1. The first-order chi connectivity index (χ1) is 22.2. The van der Waals surface area contributed by atoms with Gasteiger partial charge in [-0.05, 0) is 94.2 Å². The number of hydrogen-bond donors (Lipinski definition) is 2. The summed E-state index contributed by atoms with van der Waals surface area (Å²) in [6.07, 6.45) is 1.78. The van der Waals surface area contributed by atoms with Crippen molar-refractivity contribution in [1.82, 2.24) is 4.57 Å². The number of carboxylic acids is 1. The SMILES string of the molecule is CC1=C(C(=O)Nc2ccccc2)[C@H](c2ccc(Cl)cc2)n2c(s/c(=C/c3ccc(OCc4ccc(C(=O)O)cc4)c(Br)c3)c2=O)=N1. The lowest BCUT2D eigenvalue weighted by molar-refractivity contribution is -0.113. The fraction of sp³-hybridized carbons (Fsp3) is 0.0857. The van der Waals surface area contributed by atoms with Crippen LogP contribution in [0, 0.1) is 0 Å². The van der Waals surface area contributed by atoms with Crippen molar-refractivity contribution in [3.05, 3.63) is 160 Å². The maximum atomic E-state index is 14.0. The normalized spacial score (nSPS) is 14.4. The highest BCUT2D eigenvalue weighted by Gasteiger charge is 2.32. The number of fused-ring (bicyclic) bond motifs is 1. The van der Waals surface area contributed by atoms with Crippen LogP contribution in [0.3, 0.4) is 0 Å². The Kier molecular flexibility index (Phi) is 9.03. The van der Waals surface area contributed by atoms with E-state index in [1.165, 1.54) is 23.5 Å². The van der Waals surface area contributed by atoms with Crippen molar-refractivity contribution in [3.63, 3.8) is 0 Å². The lowest BCUT2D eigenvalue weighted by atomic mass is 9.95. The highest BCUT2D eigenvalue weighted by atomic mass is 79.9. The molecule has 5 aromatic rings. The van der Waals surface area contributed by atoms with E-state index in [0.717, 1.165) is 16.7 Å². The molecule has 1 aliphatic rings. The Bertz CT molecular complexity index is 2180. The molecule has 46 heavy (non-hydrogen) atoms. The quantitative estimate of drug-likeness (QED) is 0.189. The van der Waals surface area contributed by atoms with Gasteiger partial charge in [0, 0.05) is 10.7 Å². The Balaban J connectivity index is 1.32. The smallest absolute Gasteiger partial charge is 0.335 e. The number of thiazole rings is 1. The van der Waals surface area contributed by atoms with Gasteiger partial charge in [0.1, 0.15) is 12.4 Å². The van der Waals surface area contributed by atoms with Crippen molar-refractivity contribution in [3.8, 4) is 5.75 Å². The Hall–Kier alpha value is -4.77. The van der Waals surface area contributed by atoms with Gasteiger partial charge in [0.05, 0.1) is 31.9 Å². The number of aromatic nitrogens is 1. The van der Waals surface area contributed by atoms with Crippen LogP contribution in [0.2, 0.25) is 5.02 Å². The average molecular weight is 715 g/mol. The third-order valence-electron chi connectivity index (χ3n) is 7.33. The van der Waals surface area contributed by atoms with Crippen LogP contribution in [0.5, 0.6) is 5.75 Å². The van der Waals surface area contributed by atoms with Crippen molar-refractivity contribution >= 4 is 62.5 Å². The molecule has 2 heterocycles. The zero-order valence-corrected chi connectivity index (χ0v) is 27.4. The Morgan fingerprint density at radius 3 is 2.43 bits per heavy atom. The number of benzene rings is 4. The van der Waals surface area contributed by atoms with Gasteiger partial charge in [-0.25, -0.2) is 9.79 Å². The molecule has 0 saturated heterocycles. The molecule has 8 nitrogen and oxygen atoms in total. The molecule has 0 unspecified atom stereocenters. The van der Waals surface area contributed by atoms with Crippen LogP contribution in [0.15, 0.2) is 123 Å². The van der Waals surface area contributed by atoms with Crippen LogP contribution in [-0.4, -0.2) is 21.6 Å². The van der Waals surface area contributed by atoms with Gasteiger partial charge in [-0.1, -0.05) is 71.5 Å². The van der Waals surface area contributed by atoms with Crippen LogP contribution < -0.4 is 24.9 Å². The van der Waals surface area contributed by atoms with Gasteiger partial charge in [0.25, 0.3) is 11.5 Å². The zero-order chi connectivity index (χ0) is 32.4. The van der Waals surface area contributed by atoms with Crippen molar-refractivity contribution in [1.29, 1.82) is 0 Å². The van der Waals surface area contributed by atoms with Gasteiger partial charge in [-0.2, -0.15) is 0 Å². The van der Waals surface area contributed by atoms with Crippen molar-refractivity contribution in [2.24, 2.45) is 4.99 Å². The minimum atomic E-state index is -0.983. The summed E-state index contributed by atoms with van der Waals surface area (Å²) in [5.41, 5.74) is 3.76. The van der Waals surface area contributed by atoms with Gasteiger partial charge < -0.3 is 15.2 Å². The Morgan fingerprint density at radius 1 is 1.04 bits per heavy atom. The number of aromatic carboxylic acids is 1. The molecule has 1 amide bonds. The first kappa shape index (κ1) is 31.2. The van der Waals surface area contributed by atoms with Gasteiger partial charge in [-0.15, -0.1) is 0 Å². The highest BCUT2D eigenvalue weighted by Crippen LogP contribution is 2.32. The molecule has 0 fully saturated rings. The second-order valence-corrected chi connectivity index (χ2v) is 12.7. The summed E-state index contributed by atoms with van der Waals surface area (Å²) >= 11 is 11.0. The Morgan fingerprint density at radius 2 is 1.76 bits per heavy atom. The van der Waals surface area contributed by atoms with Crippen LogP contribution in [0.4, 0.5) is 5.69 Å². The summed E-state index contributed by atoms with van der Waals surface area (Å²) in [5, 5.41) is 12.6. The van der Waals surface area contributed by atoms with Crippen molar-refractivity contribution in [2.45, 2.75) is 19.6 Å². The van der Waals surface area contributed by atoms with Crippen molar-refractivity contribution in [2.75, 3.05) is 5.32 Å². The van der Waals surface area contributed by atoms with E-state index >= 15 is 0 Å². The third-order valence-corrected chi connectivity index (χ3v) is 9.19. The largest absolute Gasteiger partial charge is 0.488 e. The monoisotopic (exact) mass is 713 g/mol. The lowest BCUT2D eigenvalue weighted by Crippen LogP contribution is -2.40. The van der Waals surface area contributed by atoms with Gasteiger partial charge >= 0.3 is 5.97 Å². The topological polar surface area (TPSA) is 110 Å².